The number of rotatable bonds is 9. The van der Waals surface area contributed by atoms with Crippen LogP contribution in [0.3, 0.4) is 0 Å². The Morgan fingerprint density at radius 1 is 1.10 bits per heavy atom. The van der Waals surface area contributed by atoms with Gasteiger partial charge in [0.05, 0.1) is 0 Å². The summed E-state index contributed by atoms with van der Waals surface area (Å²) in [5.41, 5.74) is 1.14. The number of alkyl carbamates (subject to hydrolysis) is 1. The zero-order chi connectivity index (χ0) is 22.9. The van der Waals surface area contributed by atoms with Crippen molar-refractivity contribution >= 4 is 17.9 Å². The largest absolute Gasteiger partial charge is 0.444 e. The van der Waals surface area contributed by atoms with E-state index in [1.165, 1.54) is 4.90 Å². The molecular weight excluding hydrogens is 382 g/mol. The van der Waals surface area contributed by atoms with E-state index in [4.69, 9.17) is 4.74 Å². The second-order valence-electron chi connectivity index (χ2n) is 8.55. The molecule has 0 aromatic heterocycles. The van der Waals surface area contributed by atoms with E-state index in [-0.39, 0.29) is 24.4 Å². The minimum Gasteiger partial charge on any atom is -0.444 e. The first-order valence-corrected chi connectivity index (χ1v) is 10.6. The fraction of sp³-hybridized carbons (Fsp3) is 0.609. The van der Waals surface area contributed by atoms with Gasteiger partial charge < -0.3 is 20.3 Å². The molecule has 7 nitrogen and oxygen atoms in total. The average molecular weight is 420 g/mol. The van der Waals surface area contributed by atoms with Crippen LogP contribution < -0.4 is 10.6 Å². The molecule has 30 heavy (non-hydrogen) atoms. The van der Waals surface area contributed by atoms with Crippen LogP contribution >= 0.6 is 0 Å². The van der Waals surface area contributed by atoms with Crippen LogP contribution in [0.25, 0.3) is 0 Å². The summed E-state index contributed by atoms with van der Waals surface area (Å²) in [4.78, 5) is 39.4. The third kappa shape index (κ3) is 8.43. The minimum atomic E-state index is -0.775. The molecule has 2 atom stereocenters. The Morgan fingerprint density at radius 2 is 1.70 bits per heavy atom. The number of likely N-dealkylation sites (N-methyl/N-ethyl adjacent to an activating group) is 1. The van der Waals surface area contributed by atoms with E-state index in [1.54, 1.807) is 20.8 Å². The lowest BCUT2D eigenvalue weighted by Crippen LogP contribution is -2.49. The lowest BCUT2D eigenvalue weighted by Gasteiger charge is -2.31. The van der Waals surface area contributed by atoms with Gasteiger partial charge in [-0.1, -0.05) is 43.2 Å². The molecule has 3 amide bonds. The first-order valence-electron chi connectivity index (χ1n) is 10.6. The van der Waals surface area contributed by atoms with Gasteiger partial charge in [0.25, 0.3) is 0 Å². The number of benzene rings is 1. The van der Waals surface area contributed by atoms with Crippen molar-refractivity contribution in [1.82, 2.24) is 15.5 Å². The van der Waals surface area contributed by atoms with Gasteiger partial charge in [0.1, 0.15) is 18.2 Å². The monoisotopic (exact) mass is 419 g/mol. The van der Waals surface area contributed by atoms with Gasteiger partial charge in [0, 0.05) is 12.6 Å². The van der Waals surface area contributed by atoms with Gasteiger partial charge in [-0.15, -0.1) is 0 Å². The van der Waals surface area contributed by atoms with E-state index in [0.29, 0.717) is 6.54 Å². The molecule has 0 aliphatic heterocycles. The molecule has 2 N–H and O–H groups in total. The predicted octanol–water partition coefficient (Wildman–Crippen LogP) is 3.71. The first kappa shape index (κ1) is 25.5. The summed E-state index contributed by atoms with van der Waals surface area (Å²) in [6, 6.07) is 6.79. The van der Waals surface area contributed by atoms with Gasteiger partial charge in [-0.25, -0.2) is 4.79 Å². The average Bonchev–Trinajstić information content (AvgIpc) is 2.63. The second-order valence-corrected chi connectivity index (χ2v) is 8.55. The summed E-state index contributed by atoms with van der Waals surface area (Å²) in [5, 5.41) is 5.50. The zero-order valence-corrected chi connectivity index (χ0v) is 19.4. The number of hydrogen-bond donors (Lipinski definition) is 2. The van der Waals surface area contributed by atoms with Crippen molar-refractivity contribution in [2.75, 3.05) is 13.1 Å². The molecule has 1 aromatic carbocycles. The van der Waals surface area contributed by atoms with Crippen LogP contribution in [0.5, 0.6) is 0 Å². The van der Waals surface area contributed by atoms with Crippen molar-refractivity contribution in [3.63, 3.8) is 0 Å². The molecule has 0 heterocycles. The van der Waals surface area contributed by atoms with E-state index in [0.717, 1.165) is 24.0 Å². The van der Waals surface area contributed by atoms with Crippen molar-refractivity contribution < 1.29 is 19.1 Å². The molecular formula is C23H37N3O4. The van der Waals surface area contributed by atoms with Crippen molar-refractivity contribution in [3.05, 3.63) is 35.4 Å². The van der Waals surface area contributed by atoms with E-state index in [1.807, 2.05) is 45.0 Å². The van der Waals surface area contributed by atoms with Crippen LogP contribution in [-0.4, -0.2) is 47.5 Å². The maximum atomic E-state index is 13.1. The van der Waals surface area contributed by atoms with Gasteiger partial charge >= 0.3 is 6.09 Å². The van der Waals surface area contributed by atoms with Crippen LogP contribution in [0.4, 0.5) is 4.79 Å². The van der Waals surface area contributed by atoms with Gasteiger partial charge in [-0.2, -0.15) is 0 Å². The van der Waals surface area contributed by atoms with E-state index in [2.05, 4.69) is 17.6 Å². The highest BCUT2D eigenvalue weighted by molar-refractivity contribution is 5.90. The third-order valence-electron chi connectivity index (χ3n) is 4.51. The number of carbonyl (C=O) groups is 3. The summed E-state index contributed by atoms with van der Waals surface area (Å²) in [5.74, 6) is -0.584. The highest BCUT2D eigenvalue weighted by Crippen LogP contribution is 2.22. The molecule has 2 unspecified atom stereocenters. The maximum Gasteiger partial charge on any atom is 0.408 e. The number of carbonyl (C=O) groups excluding carboxylic acids is 3. The lowest BCUT2D eigenvalue weighted by molar-refractivity contribution is -0.140. The molecule has 168 valence electrons. The Hall–Kier alpha value is -2.57. The minimum absolute atomic E-state index is 0.00384. The van der Waals surface area contributed by atoms with Crippen molar-refractivity contribution in [1.29, 1.82) is 0 Å². The summed E-state index contributed by atoms with van der Waals surface area (Å²) in [7, 11) is 0. The van der Waals surface area contributed by atoms with E-state index < -0.39 is 17.7 Å². The molecule has 0 saturated heterocycles. The van der Waals surface area contributed by atoms with Crippen LogP contribution in [0, 0.1) is 6.92 Å². The molecule has 0 aliphatic carbocycles. The fourth-order valence-corrected chi connectivity index (χ4v) is 3.11. The first-order chi connectivity index (χ1) is 14.0. The van der Waals surface area contributed by atoms with Gasteiger partial charge in [0.2, 0.25) is 11.8 Å². The zero-order valence-electron chi connectivity index (χ0n) is 19.4. The van der Waals surface area contributed by atoms with E-state index >= 15 is 0 Å². The Morgan fingerprint density at radius 3 is 2.20 bits per heavy atom. The highest BCUT2D eigenvalue weighted by atomic mass is 16.6. The van der Waals surface area contributed by atoms with E-state index in [9.17, 15) is 14.4 Å². The quantitative estimate of drug-likeness (QED) is 0.639. The van der Waals surface area contributed by atoms with Crippen LogP contribution in [0.1, 0.15) is 71.6 Å². The predicted molar refractivity (Wildman–Crippen MR) is 118 cm³/mol. The Bertz CT molecular complexity index is 710. The standard InChI is InChI=1S/C23H37N3O4/c1-8-10-17(4)25-21(28)20(18-13-11-16(3)12-14-18)26(9-2)19(27)15-24-22(29)30-23(5,6)7/h11-14,17,20H,8-10,15H2,1-7H3,(H,24,29)(H,25,28). The third-order valence-corrected chi connectivity index (χ3v) is 4.51. The normalized spacial score (nSPS) is 13.2. The van der Waals surface area contributed by atoms with Gasteiger partial charge in [-0.05, 0) is 53.5 Å². The van der Waals surface area contributed by atoms with Crippen molar-refractivity contribution in [3.8, 4) is 0 Å². The van der Waals surface area contributed by atoms with Crippen LogP contribution in [-0.2, 0) is 14.3 Å². The van der Waals surface area contributed by atoms with Gasteiger partial charge in [-0.3, -0.25) is 9.59 Å². The smallest absolute Gasteiger partial charge is 0.408 e. The van der Waals surface area contributed by atoms with Crippen LogP contribution in [0.15, 0.2) is 24.3 Å². The summed E-state index contributed by atoms with van der Waals surface area (Å²) in [6.45, 7) is 13.1. The molecule has 7 heteroatoms. The fourth-order valence-electron chi connectivity index (χ4n) is 3.11. The number of hydrogen-bond acceptors (Lipinski definition) is 4. The Labute approximate surface area is 180 Å². The molecule has 0 spiro atoms. The van der Waals surface area contributed by atoms with Gasteiger partial charge in [0.15, 0.2) is 0 Å². The molecule has 0 aliphatic rings. The van der Waals surface area contributed by atoms with Crippen molar-refractivity contribution in [2.24, 2.45) is 0 Å². The number of ether oxygens (including phenoxy) is 1. The number of nitrogens with one attached hydrogen (secondary N) is 2. The molecule has 0 saturated carbocycles. The summed E-state index contributed by atoms with van der Waals surface area (Å²) >= 11 is 0. The number of amides is 3. The second kappa shape index (κ2) is 11.6. The summed E-state index contributed by atoms with van der Waals surface area (Å²) < 4.78 is 5.19. The number of aryl methyl sites for hydroxylation is 1. The molecule has 0 radical (unpaired) electrons. The molecule has 0 fully saturated rings. The molecule has 0 bridgehead atoms. The topological polar surface area (TPSA) is 87.7 Å². The molecule has 1 rings (SSSR count). The number of nitrogens with zero attached hydrogens (tertiary/aromatic N) is 1. The highest BCUT2D eigenvalue weighted by Gasteiger charge is 2.31. The SMILES string of the molecule is CCCC(C)NC(=O)C(c1ccc(C)cc1)N(CC)C(=O)CNC(=O)OC(C)(C)C. The maximum absolute atomic E-state index is 13.1. The van der Waals surface area contributed by atoms with Crippen molar-refractivity contribution in [2.45, 2.75) is 79.0 Å². The Balaban J connectivity index is 3.03. The Kier molecular flexibility index (Phi) is 9.82. The van der Waals surface area contributed by atoms with Crippen LogP contribution in [0.2, 0.25) is 0 Å². The molecule has 1 aromatic rings. The lowest BCUT2D eigenvalue weighted by atomic mass is 10.0. The summed E-state index contributed by atoms with van der Waals surface area (Å²) in [6.07, 6.45) is 1.14.